The standard InChI is InChI=1S/C19H24F2N6O4S/c1-3-8-32(29,30)26-14-5-4-13(20)18(17(14)21)25-19(28)27(2)16-9-15(22-11-23-16)24-12-6-7-31-10-12/h4-5,9,11-12,26H,3,6-8,10H2,1-2H3,(H,25,28)(H,22,23,24). The number of benzene rings is 1. The summed E-state index contributed by atoms with van der Waals surface area (Å²) < 4.78 is 60.2. The fourth-order valence-electron chi connectivity index (χ4n) is 2.99. The molecule has 32 heavy (non-hydrogen) atoms. The first kappa shape index (κ1) is 23.6. The number of aromatic nitrogens is 2. The Hall–Kier alpha value is -3.06. The Labute approximate surface area is 184 Å². The van der Waals surface area contributed by atoms with Crippen molar-refractivity contribution in [1.82, 2.24) is 9.97 Å². The molecular formula is C19H24F2N6O4S. The van der Waals surface area contributed by atoms with E-state index in [1.165, 1.54) is 19.4 Å². The molecule has 1 atom stereocenters. The molecule has 3 rings (SSSR count). The van der Waals surface area contributed by atoms with Gasteiger partial charge in [0.15, 0.2) is 5.82 Å². The number of hydrogen-bond acceptors (Lipinski definition) is 7. The first-order valence-electron chi connectivity index (χ1n) is 9.89. The van der Waals surface area contributed by atoms with E-state index in [1.807, 2.05) is 0 Å². The lowest BCUT2D eigenvalue weighted by atomic mass is 10.2. The number of anilines is 4. The quantitative estimate of drug-likeness (QED) is 0.542. The smallest absolute Gasteiger partial charge is 0.327 e. The first-order valence-corrected chi connectivity index (χ1v) is 11.5. The van der Waals surface area contributed by atoms with Gasteiger partial charge in [0.2, 0.25) is 10.0 Å². The third kappa shape index (κ3) is 5.79. The summed E-state index contributed by atoms with van der Waals surface area (Å²) in [5.74, 6) is -1.88. The largest absolute Gasteiger partial charge is 0.379 e. The predicted octanol–water partition coefficient (Wildman–Crippen LogP) is 2.78. The van der Waals surface area contributed by atoms with Crippen LogP contribution in [-0.4, -0.2) is 56.5 Å². The molecule has 0 saturated carbocycles. The fraction of sp³-hybridized carbons (Fsp3) is 0.421. The van der Waals surface area contributed by atoms with E-state index in [-0.39, 0.29) is 17.6 Å². The number of carbonyl (C=O) groups excluding carboxylic acids is 1. The summed E-state index contributed by atoms with van der Waals surface area (Å²) in [5, 5.41) is 5.29. The van der Waals surface area contributed by atoms with E-state index in [1.54, 1.807) is 6.92 Å². The van der Waals surface area contributed by atoms with E-state index in [0.717, 1.165) is 23.5 Å². The second kappa shape index (κ2) is 10.0. The molecule has 1 aromatic carbocycles. The van der Waals surface area contributed by atoms with E-state index in [4.69, 9.17) is 4.74 Å². The Kier molecular flexibility index (Phi) is 7.40. The van der Waals surface area contributed by atoms with E-state index in [9.17, 15) is 22.0 Å². The van der Waals surface area contributed by atoms with Gasteiger partial charge in [-0.25, -0.2) is 32.0 Å². The van der Waals surface area contributed by atoms with Crippen molar-refractivity contribution in [2.24, 2.45) is 0 Å². The molecule has 3 N–H and O–H groups in total. The Morgan fingerprint density at radius 3 is 2.78 bits per heavy atom. The topological polar surface area (TPSA) is 126 Å². The number of sulfonamides is 1. The molecule has 1 aliphatic rings. The molecule has 174 valence electrons. The van der Waals surface area contributed by atoms with Crippen LogP contribution in [0.2, 0.25) is 0 Å². The van der Waals surface area contributed by atoms with Crippen LogP contribution in [0.1, 0.15) is 19.8 Å². The van der Waals surface area contributed by atoms with Crippen LogP contribution < -0.4 is 20.3 Å². The molecule has 1 aromatic heterocycles. The number of urea groups is 1. The molecule has 1 unspecified atom stereocenters. The molecule has 0 bridgehead atoms. The van der Waals surface area contributed by atoms with Crippen LogP contribution >= 0.6 is 0 Å². The highest BCUT2D eigenvalue weighted by Crippen LogP contribution is 2.27. The van der Waals surface area contributed by atoms with Gasteiger partial charge in [-0.3, -0.25) is 9.62 Å². The average molecular weight is 471 g/mol. The van der Waals surface area contributed by atoms with Gasteiger partial charge in [-0.05, 0) is 25.0 Å². The van der Waals surface area contributed by atoms with Crippen molar-refractivity contribution in [2.45, 2.75) is 25.8 Å². The maximum absolute atomic E-state index is 14.8. The molecule has 0 aliphatic carbocycles. The summed E-state index contributed by atoms with van der Waals surface area (Å²) in [7, 11) is -2.44. The monoisotopic (exact) mass is 470 g/mol. The number of nitrogens with zero attached hydrogens (tertiary/aromatic N) is 3. The van der Waals surface area contributed by atoms with Crippen LogP contribution in [0.5, 0.6) is 0 Å². The minimum atomic E-state index is -3.81. The molecule has 10 nitrogen and oxygen atoms in total. The van der Waals surface area contributed by atoms with Crippen LogP contribution in [0.15, 0.2) is 24.5 Å². The van der Waals surface area contributed by atoms with Gasteiger partial charge >= 0.3 is 6.03 Å². The molecule has 2 aromatic rings. The van der Waals surface area contributed by atoms with Gasteiger partial charge < -0.3 is 15.4 Å². The average Bonchev–Trinajstić information content (AvgIpc) is 3.25. The van der Waals surface area contributed by atoms with Crippen LogP contribution in [-0.2, 0) is 14.8 Å². The van der Waals surface area contributed by atoms with Gasteiger partial charge in [0.05, 0.1) is 24.1 Å². The van der Waals surface area contributed by atoms with Crippen molar-refractivity contribution in [3.63, 3.8) is 0 Å². The molecule has 1 saturated heterocycles. The number of amides is 2. The fourth-order valence-corrected chi connectivity index (χ4v) is 4.13. The summed E-state index contributed by atoms with van der Waals surface area (Å²) in [6.45, 7) is 2.83. The summed E-state index contributed by atoms with van der Waals surface area (Å²) in [6.07, 6.45) is 2.38. The molecule has 0 radical (unpaired) electrons. The van der Waals surface area contributed by atoms with Gasteiger partial charge in [0.25, 0.3) is 0 Å². The Bertz CT molecular complexity index is 1080. The minimum Gasteiger partial charge on any atom is -0.379 e. The van der Waals surface area contributed by atoms with Crippen molar-refractivity contribution < 1.29 is 26.7 Å². The molecule has 1 fully saturated rings. The van der Waals surface area contributed by atoms with Crippen molar-refractivity contribution in [3.05, 3.63) is 36.2 Å². The van der Waals surface area contributed by atoms with E-state index in [2.05, 4.69) is 25.3 Å². The predicted molar refractivity (Wildman–Crippen MR) is 116 cm³/mol. The van der Waals surface area contributed by atoms with Gasteiger partial charge in [0.1, 0.15) is 29.5 Å². The lowest BCUT2D eigenvalue weighted by Crippen LogP contribution is -2.33. The highest BCUT2D eigenvalue weighted by atomic mass is 32.2. The van der Waals surface area contributed by atoms with Gasteiger partial charge in [0, 0.05) is 19.7 Å². The van der Waals surface area contributed by atoms with Crippen LogP contribution in [0.4, 0.5) is 36.6 Å². The zero-order valence-corrected chi connectivity index (χ0v) is 18.4. The lowest BCUT2D eigenvalue weighted by molar-refractivity contribution is 0.195. The number of carbonyl (C=O) groups is 1. The van der Waals surface area contributed by atoms with Gasteiger partial charge in [-0.2, -0.15) is 0 Å². The molecule has 2 heterocycles. The van der Waals surface area contributed by atoms with Crippen LogP contribution in [0.3, 0.4) is 0 Å². The highest BCUT2D eigenvalue weighted by Gasteiger charge is 2.22. The number of ether oxygens (including phenoxy) is 1. The lowest BCUT2D eigenvalue weighted by Gasteiger charge is -2.19. The zero-order valence-electron chi connectivity index (χ0n) is 17.6. The normalized spacial score (nSPS) is 15.9. The maximum Gasteiger partial charge on any atom is 0.327 e. The molecule has 0 spiro atoms. The maximum atomic E-state index is 14.8. The van der Waals surface area contributed by atoms with Crippen molar-refractivity contribution >= 4 is 39.1 Å². The van der Waals surface area contributed by atoms with E-state index >= 15 is 0 Å². The third-order valence-corrected chi connectivity index (χ3v) is 6.12. The number of halogens is 2. The summed E-state index contributed by atoms with van der Waals surface area (Å²) in [4.78, 5) is 21.8. The first-order chi connectivity index (χ1) is 15.2. The number of rotatable bonds is 8. The molecule has 2 amide bonds. The Balaban J connectivity index is 1.75. The van der Waals surface area contributed by atoms with Gasteiger partial charge in [-0.15, -0.1) is 0 Å². The third-order valence-electron chi connectivity index (χ3n) is 4.64. The Morgan fingerprint density at radius 1 is 1.31 bits per heavy atom. The SMILES string of the molecule is CCCS(=O)(=O)Nc1ccc(F)c(NC(=O)N(C)c2cc(NC3CCOC3)ncn2)c1F. The number of nitrogens with one attached hydrogen (secondary N) is 3. The minimum absolute atomic E-state index is 0.0827. The van der Waals surface area contributed by atoms with Crippen LogP contribution in [0.25, 0.3) is 0 Å². The van der Waals surface area contributed by atoms with Crippen molar-refractivity contribution in [1.29, 1.82) is 0 Å². The zero-order chi connectivity index (χ0) is 23.3. The summed E-state index contributed by atoms with van der Waals surface area (Å²) in [6, 6.07) is 2.52. The summed E-state index contributed by atoms with van der Waals surface area (Å²) >= 11 is 0. The van der Waals surface area contributed by atoms with Crippen LogP contribution in [0, 0.1) is 11.6 Å². The molecular weight excluding hydrogens is 446 g/mol. The highest BCUT2D eigenvalue weighted by molar-refractivity contribution is 7.92. The Morgan fingerprint density at radius 2 is 2.09 bits per heavy atom. The van der Waals surface area contributed by atoms with Crippen molar-refractivity contribution in [3.8, 4) is 0 Å². The van der Waals surface area contributed by atoms with E-state index in [0.29, 0.717) is 25.5 Å². The second-order valence-corrected chi connectivity index (χ2v) is 9.00. The summed E-state index contributed by atoms with van der Waals surface area (Å²) in [5.41, 5.74) is -1.25. The molecule has 1 aliphatic heterocycles. The number of hydrogen-bond donors (Lipinski definition) is 3. The van der Waals surface area contributed by atoms with E-state index < -0.39 is 39.1 Å². The second-order valence-electron chi connectivity index (χ2n) is 7.16. The molecule has 13 heteroatoms. The van der Waals surface area contributed by atoms with Gasteiger partial charge in [-0.1, -0.05) is 6.92 Å². The van der Waals surface area contributed by atoms with Crippen molar-refractivity contribution in [2.75, 3.05) is 46.3 Å².